The fourth-order valence-electron chi connectivity index (χ4n) is 1.43. The van der Waals surface area contributed by atoms with Crippen molar-refractivity contribution in [1.29, 1.82) is 0 Å². The normalized spacial score (nSPS) is 10.0. The number of carbonyl (C=O) groups is 1. The van der Waals surface area contributed by atoms with Gasteiger partial charge in [-0.05, 0) is 37.6 Å². The van der Waals surface area contributed by atoms with Gasteiger partial charge in [0.05, 0.1) is 0 Å². The third-order valence-electron chi connectivity index (χ3n) is 2.20. The van der Waals surface area contributed by atoms with E-state index in [1.54, 1.807) is 0 Å². The molecule has 4 nitrogen and oxygen atoms in total. The minimum Gasteiger partial charge on any atom is -0.385 e. The van der Waals surface area contributed by atoms with Gasteiger partial charge in [0.2, 0.25) is 5.91 Å². The molecule has 0 aliphatic heterocycles. The number of rotatable bonds is 7. The number of amides is 1. The molecular formula is C13H20N2O2. The minimum atomic E-state index is -0.0533. The molecule has 0 fully saturated rings. The number of benzene rings is 1. The summed E-state index contributed by atoms with van der Waals surface area (Å²) in [7, 11) is 0. The van der Waals surface area contributed by atoms with Crippen molar-refractivity contribution in [1.82, 2.24) is 0 Å². The van der Waals surface area contributed by atoms with Crippen LogP contribution in [-0.2, 0) is 9.53 Å². The predicted octanol–water partition coefficient (Wildman–Crippen LogP) is 2.48. The van der Waals surface area contributed by atoms with Crippen molar-refractivity contribution >= 4 is 17.3 Å². The second kappa shape index (κ2) is 7.68. The van der Waals surface area contributed by atoms with Gasteiger partial charge in [0, 0.05) is 38.1 Å². The summed E-state index contributed by atoms with van der Waals surface area (Å²) >= 11 is 0. The Morgan fingerprint density at radius 2 is 1.88 bits per heavy atom. The van der Waals surface area contributed by atoms with Crippen LogP contribution in [0.15, 0.2) is 24.3 Å². The first-order valence-electron chi connectivity index (χ1n) is 5.91. The molecule has 1 amide bonds. The molecule has 0 radical (unpaired) electrons. The summed E-state index contributed by atoms with van der Waals surface area (Å²) in [5, 5.41) is 6.02. The molecule has 1 aromatic rings. The van der Waals surface area contributed by atoms with Crippen LogP contribution in [0.2, 0.25) is 0 Å². The topological polar surface area (TPSA) is 50.4 Å². The molecule has 17 heavy (non-hydrogen) atoms. The summed E-state index contributed by atoms with van der Waals surface area (Å²) in [6.07, 6.45) is 0.987. The summed E-state index contributed by atoms with van der Waals surface area (Å²) in [4.78, 5) is 10.8. The summed E-state index contributed by atoms with van der Waals surface area (Å²) in [6, 6.07) is 7.66. The van der Waals surface area contributed by atoms with E-state index in [0.29, 0.717) is 0 Å². The zero-order valence-electron chi connectivity index (χ0n) is 10.5. The standard InChI is InChI=1S/C13H20N2O2/c1-3-17-10-4-9-14-12-5-7-13(8-6-12)15-11(2)16/h5-8,14H,3-4,9-10H2,1-2H3,(H,15,16). The van der Waals surface area contributed by atoms with E-state index in [1.807, 2.05) is 31.2 Å². The van der Waals surface area contributed by atoms with Crippen molar-refractivity contribution in [2.24, 2.45) is 0 Å². The Hall–Kier alpha value is -1.55. The number of hydrogen-bond donors (Lipinski definition) is 2. The molecule has 0 bridgehead atoms. The smallest absolute Gasteiger partial charge is 0.221 e. The molecular weight excluding hydrogens is 216 g/mol. The highest BCUT2D eigenvalue weighted by molar-refractivity contribution is 5.88. The Kier molecular flexibility index (Phi) is 6.10. The van der Waals surface area contributed by atoms with E-state index in [-0.39, 0.29) is 5.91 Å². The lowest BCUT2D eigenvalue weighted by Crippen LogP contribution is -2.07. The zero-order chi connectivity index (χ0) is 12.5. The molecule has 0 atom stereocenters. The van der Waals surface area contributed by atoms with E-state index in [2.05, 4.69) is 10.6 Å². The predicted molar refractivity (Wildman–Crippen MR) is 70.3 cm³/mol. The van der Waals surface area contributed by atoms with Gasteiger partial charge in [-0.2, -0.15) is 0 Å². The largest absolute Gasteiger partial charge is 0.385 e. The highest BCUT2D eigenvalue weighted by atomic mass is 16.5. The number of nitrogens with one attached hydrogen (secondary N) is 2. The van der Waals surface area contributed by atoms with E-state index >= 15 is 0 Å². The second-order valence-electron chi connectivity index (χ2n) is 3.74. The van der Waals surface area contributed by atoms with Gasteiger partial charge in [0.25, 0.3) is 0 Å². The molecule has 1 aromatic carbocycles. The van der Waals surface area contributed by atoms with Crippen LogP contribution < -0.4 is 10.6 Å². The number of anilines is 2. The summed E-state index contributed by atoms with van der Waals surface area (Å²) in [5.74, 6) is -0.0533. The molecule has 0 saturated carbocycles. The van der Waals surface area contributed by atoms with Crippen LogP contribution >= 0.6 is 0 Å². The van der Waals surface area contributed by atoms with Gasteiger partial charge in [-0.1, -0.05) is 0 Å². The third kappa shape index (κ3) is 5.92. The Balaban J connectivity index is 2.28. The van der Waals surface area contributed by atoms with Crippen molar-refractivity contribution in [3.05, 3.63) is 24.3 Å². The lowest BCUT2D eigenvalue weighted by atomic mass is 10.2. The molecule has 0 aliphatic rings. The summed E-state index contributed by atoms with van der Waals surface area (Å²) in [5.41, 5.74) is 1.87. The summed E-state index contributed by atoms with van der Waals surface area (Å²) in [6.45, 7) is 5.94. The van der Waals surface area contributed by atoms with Gasteiger partial charge in [-0.25, -0.2) is 0 Å². The first kappa shape index (κ1) is 13.5. The highest BCUT2D eigenvalue weighted by Gasteiger charge is 1.95. The van der Waals surface area contributed by atoms with Crippen LogP contribution in [0.25, 0.3) is 0 Å². The van der Waals surface area contributed by atoms with E-state index in [9.17, 15) is 4.79 Å². The average molecular weight is 236 g/mol. The molecule has 0 aliphatic carbocycles. The Morgan fingerprint density at radius 1 is 1.24 bits per heavy atom. The Labute approximate surface area is 102 Å². The number of hydrogen-bond acceptors (Lipinski definition) is 3. The van der Waals surface area contributed by atoms with Crippen LogP contribution in [0.4, 0.5) is 11.4 Å². The SMILES string of the molecule is CCOCCCNc1ccc(NC(C)=O)cc1. The molecule has 94 valence electrons. The minimum absolute atomic E-state index is 0.0533. The average Bonchev–Trinajstić information content (AvgIpc) is 2.30. The molecule has 0 spiro atoms. The Morgan fingerprint density at radius 3 is 2.47 bits per heavy atom. The second-order valence-corrected chi connectivity index (χ2v) is 3.74. The van der Waals surface area contributed by atoms with Crippen molar-refractivity contribution in [2.45, 2.75) is 20.3 Å². The fraction of sp³-hybridized carbons (Fsp3) is 0.462. The van der Waals surface area contributed by atoms with Crippen molar-refractivity contribution in [2.75, 3.05) is 30.4 Å². The van der Waals surface area contributed by atoms with E-state index < -0.39 is 0 Å². The quantitative estimate of drug-likeness (QED) is 0.715. The van der Waals surface area contributed by atoms with E-state index in [1.165, 1.54) is 6.92 Å². The van der Waals surface area contributed by atoms with Gasteiger partial charge in [0.15, 0.2) is 0 Å². The van der Waals surface area contributed by atoms with Gasteiger partial charge >= 0.3 is 0 Å². The zero-order valence-corrected chi connectivity index (χ0v) is 10.5. The maximum absolute atomic E-state index is 10.8. The van der Waals surface area contributed by atoms with Gasteiger partial charge < -0.3 is 15.4 Å². The van der Waals surface area contributed by atoms with Crippen LogP contribution in [0, 0.1) is 0 Å². The van der Waals surface area contributed by atoms with Crippen LogP contribution in [0.1, 0.15) is 20.3 Å². The van der Waals surface area contributed by atoms with Crippen LogP contribution in [0.5, 0.6) is 0 Å². The molecule has 0 aromatic heterocycles. The monoisotopic (exact) mass is 236 g/mol. The van der Waals surface area contributed by atoms with Crippen LogP contribution in [-0.4, -0.2) is 25.7 Å². The summed E-state index contributed by atoms with van der Waals surface area (Å²) < 4.78 is 5.25. The van der Waals surface area contributed by atoms with Crippen molar-refractivity contribution in [3.8, 4) is 0 Å². The fourth-order valence-corrected chi connectivity index (χ4v) is 1.43. The van der Waals surface area contributed by atoms with Gasteiger partial charge in [-0.3, -0.25) is 4.79 Å². The van der Waals surface area contributed by atoms with Gasteiger partial charge in [0.1, 0.15) is 0 Å². The van der Waals surface area contributed by atoms with E-state index in [0.717, 1.165) is 37.6 Å². The first-order valence-corrected chi connectivity index (χ1v) is 5.91. The van der Waals surface area contributed by atoms with Crippen LogP contribution in [0.3, 0.4) is 0 Å². The lowest BCUT2D eigenvalue weighted by Gasteiger charge is -2.07. The number of ether oxygens (including phenoxy) is 1. The highest BCUT2D eigenvalue weighted by Crippen LogP contribution is 2.13. The lowest BCUT2D eigenvalue weighted by molar-refractivity contribution is -0.114. The molecule has 0 heterocycles. The van der Waals surface area contributed by atoms with Crippen molar-refractivity contribution in [3.63, 3.8) is 0 Å². The number of carbonyl (C=O) groups excluding carboxylic acids is 1. The molecule has 1 rings (SSSR count). The van der Waals surface area contributed by atoms with Gasteiger partial charge in [-0.15, -0.1) is 0 Å². The third-order valence-corrected chi connectivity index (χ3v) is 2.20. The maximum atomic E-state index is 10.8. The Bertz CT molecular complexity index is 336. The van der Waals surface area contributed by atoms with E-state index in [4.69, 9.17) is 4.74 Å². The van der Waals surface area contributed by atoms with Crippen molar-refractivity contribution < 1.29 is 9.53 Å². The molecule has 2 N–H and O–H groups in total. The molecule has 0 unspecified atom stereocenters. The molecule has 0 saturated heterocycles. The maximum Gasteiger partial charge on any atom is 0.221 e. The first-order chi connectivity index (χ1) is 8.22. The molecule has 4 heteroatoms.